The Morgan fingerprint density at radius 2 is 1.84 bits per heavy atom. The zero-order valence-electron chi connectivity index (χ0n) is 13.8. The molecule has 6 heteroatoms. The molecule has 1 aliphatic heterocycles. The number of hydrogen-bond donors (Lipinski definition) is 3. The summed E-state index contributed by atoms with van der Waals surface area (Å²) in [4.78, 5) is 14.4. The van der Waals surface area contributed by atoms with Gasteiger partial charge in [-0.05, 0) is 56.3 Å². The van der Waals surface area contributed by atoms with E-state index in [2.05, 4.69) is 10.2 Å². The van der Waals surface area contributed by atoms with Gasteiger partial charge in [0.1, 0.15) is 17.3 Å². The van der Waals surface area contributed by atoms with Gasteiger partial charge in [0.2, 0.25) is 5.91 Å². The number of hydrogen-bond acceptors (Lipinski definition) is 4. The van der Waals surface area contributed by atoms with Crippen molar-refractivity contribution in [3.05, 3.63) is 53.8 Å². The molecular weight excluding hydrogens is 323 g/mol. The molecule has 1 saturated heterocycles. The third-order valence-corrected chi connectivity index (χ3v) is 4.56. The Kier molecular flexibility index (Phi) is 5.19. The zero-order valence-corrected chi connectivity index (χ0v) is 13.8. The van der Waals surface area contributed by atoms with Crippen LogP contribution in [0.5, 0.6) is 11.5 Å². The second-order valence-corrected chi connectivity index (χ2v) is 6.33. The number of amides is 1. The largest absolute Gasteiger partial charge is 0.508 e. The van der Waals surface area contributed by atoms with Gasteiger partial charge < -0.3 is 15.5 Å². The number of carbonyl (C=O) groups is 1. The van der Waals surface area contributed by atoms with Gasteiger partial charge in [-0.25, -0.2) is 4.39 Å². The molecule has 1 amide bonds. The standard InChI is InChI=1S/C19H21FN2O3/c20-15-5-6-17(23)14(11-15)12-22-9-7-13(8-10-22)19(25)21-16-3-1-2-4-18(16)24/h1-6,11,13,23-24H,7-10,12H2,(H,21,25). The molecule has 132 valence electrons. The number of likely N-dealkylation sites (tertiary alicyclic amines) is 1. The monoisotopic (exact) mass is 344 g/mol. The van der Waals surface area contributed by atoms with Gasteiger partial charge >= 0.3 is 0 Å². The topological polar surface area (TPSA) is 72.8 Å². The Morgan fingerprint density at radius 3 is 2.56 bits per heavy atom. The molecule has 2 aromatic rings. The fraction of sp³-hybridized carbons (Fsp3) is 0.316. The number of nitrogens with one attached hydrogen (secondary N) is 1. The van der Waals surface area contributed by atoms with Crippen molar-refractivity contribution in [2.75, 3.05) is 18.4 Å². The lowest BCUT2D eigenvalue weighted by Gasteiger charge is -2.31. The highest BCUT2D eigenvalue weighted by Crippen LogP contribution is 2.26. The number of phenolic OH excluding ortho intramolecular Hbond substituents is 2. The average Bonchev–Trinajstić information content (AvgIpc) is 2.61. The lowest BCUT2D eigenvalue weighted by Crippen LogP contribution is -2.37. The van der Waals surface area contributed by atoms with Crippen LogP contribution in [0.4, 0.5) is 10.1 Å². The molecular formula is C19H21FN2O3. The van der Waals surface area contributed by atoms with E-state index in [1.807, 2.05) is 0 Å². The van der Waals surface area contributed by atoms with Crippen LogP contribution in [0.3, 0.4) is 0 Å². The van der Waals surface area contributed by atoms with Gasteiger partial charge in [-0.3, -0.25) is 9.69 Å². The molecule has 0 atom stereocenters. The van der Waals surface area contributed by atoms with Crippen LogP contribution in [0.1, 0.15) is 18.4 Å². The van der Waals surface area contributed by atoms with Crippen molar-refractivity contribution < 1.29 is 19.4 Å². The minimum Gasteiger partial charge on any atom is -0.508 e. The van der Waals surface area contributed by atoms with Crippen LogP contribution < -0.4 is 5.32 Å². The lowest BCUT2D eigenvalue weighted by molar-refractivity contribution is -0.121. The van der Waals surface area contributed by atoms with Crippen LogP contribution in [-0.2, 0) is 11.3 Å². The van der Waals surface area contributed by atoms with Crippen LogP contribution in [0.25, 0.3) is 0 Å². The van der Waals surface area contributed by atoms with E-state index in [0.717, 1.165) is 0 Å². The SMILES string of the molecule is O=C(Nc1ccccc1O)C1CCN(Cc2cc(F)ccc2O)CC1. The number of benzene rings is 2. The van der Waals surface area contributed by atoms with E-state index in [4.69, 9.17) is 0 Å². The Hall–Kier alpha value is -2.60. The Labute approximate surface area is 145 Å². The Balaban J connectivity index is 1.54. The molecule has 0 aliphatic carbocycles. The van der Waals surface area contributed by atoms with E-state index in [-0.39, 0.29) is 29.1 Å². The number of aromatic hydroxyl groups is 2. The number of anilines is 1. The summed E-state index contributed by atoms with van der Waals surface area (Å²) in [5, 5.41) is 22.3. The fourth-order valence-corrected chi connectivity index (χ4v) is 3.09. The summed E-state index contributed by atoms with van der Waals surface area (Å²) >= 11 is 0. The minimum absolute atomic E-state index is 0.0508. The highest BCUT2D eigenvalue weighted by atomic mass is 19.1. The molecule has 0 radical (unpaired) electrons. The molecule has 5 nitrogen and oxygen atoms in total. The van der Waals surface area contributed by atoms with Crippen molar-refractivity contribution in [2.24, 2.45) is 5.92 Å². The number of rotatable bonds is 4. The maximum absolute atomic E-state index is 13.3. The number of phenols is 2. The molecule has 0 unspecified atom stereocenters. The van der Waals surface area contributed by atoms with Gasteiger partial charge in [0.25, 0.3) is 0 Å². The summed E-state index contributed by atoms with van der Waals surface area (Å²) in [5.74, 6) is -0.466. The predicted molar refractivity (Wildman–Crippen MR) is 92.8 cm³/mol. The molecule has 1 aliphatic rings. The van der Waals surface area contributed by atoms with Crippen molar-refractivity contribution in [3.63, 3.8) is 0 Å². The summed E-state index contributed by atoms with van der Waals surface area (Å²) in [6.07, 6.45) is 1.35. The van der Waals surface area contributed by atoms with E-state index in [1.165, 1.54) is 24.3 Å². The van der Waals surface area contributed by atoms with Crippen LogP contribution in [0.15, 0.2) is 42.5 Å². The second kappa shape index (κ2) is 7.53. The average molecular weight is 344 g/mol. The predicted octanol–water partition coefficient (Wildman–Crippen LogP) is 3.09. The maximum atomic E-state index is 13.3. The van der Waals surface area contributed by atoms with E-state index < -0.39 is 0 Å². The minimum atomic E-state index is -0.371. The molecule has 0 saturated carbocycles. The summed E-state index contributed by atoms with van der Waals surface area (Å²) in [6, 6.07) is 10.6. The molecule has 0 spiro atoms. The third-order valence-electron chi connectivity index (χ3n) is 4.56. The van der Waals surface area contributed by atoms with E-state index in [1.54, 1.807) is 18.2 Å². The van der Waals surface area contributed by atoms with E-state index in [0.29, 0.717) is 43.7 Å². The highest BCUT2D eigenvalue weighted by Gasteiger charge is 2.25. The zero-order chi connectivity index (χ0) is 17.8. The molecule has 3 rings (SSSR count). The highest BCUT2D eigenvalue weighted by molar-refractivity contribution is 5.93. The van der Waals surface area contributed by atoms with Crippen LogP contribution in [0, 0.1) is 11.7 Å². The Bertz CT molecular complexity index is 758. The van der Waals surface area contributed by atoms with Crippen molar-refractivity contribution in [1.82, 2.24) is 4.90 Å². The smallest absolute Gasteiger partial charge is 0.227 e. The van der Waals surface area contributed by atoms with Crippen LogP contribution >= 0.6 is 0 Å². The lowest BCUT2D eigenvalue weighted by atomic mass is 9.95. The number of carbonyl (C=O) groups excluding carboxylic acids is 1. The first kappa shape index (κ1) is 17.2. The first-order valence-electron chi connectivity index (χ1n) is 8.31. The number of piperidine rings is 1. The van der Waals surface area contributed by atoms with Gasteiger partial charge in [-0.15, -0.1) is 0 Å². The first-order valence-corrected chi connectivity index (χ1v) is 8.31. The van der Waals surface area contributed by atoms with Crippen LogP contribution in [-0.4, -0.2) is 34.1 Å². The van der Waals surface area contributed by atoms with Gasteiger partial charge in [0, 0.05) is 18.0 Å². The van der Waals surface area contributed by atoms with Gasteiger partial charge in [-0.2, -0.15) is 0 Å². The third kappa shape index (κ3) is 4.28. The summed E-state index contributed by atoms with van der Waals surface area (Å²) < 4.78 is 13.3. The fourth-order valence-electron chi connectivity index (χ4n) is 3.09. The molecule has 1 fully saturated rings. The maximum Gasteiger partial charge on any atom is 0.227 e. The first-order chi connectivity index (χ1) is 12.0. The van der Waals surface area contributed by atoms with Gasteiger partial charge in [0.15, 0.2) is 0 Å². The summed E-state index contributed by atoms with van der Waals surface area (Å²) in [5.41, 5.74) is 0.969. The van der Waals surface area contributed by atoms with Gasteiger partial charge in [0.05, 0.1) is 5.69 Å². The van der Waals surface area contributed by atoms with Crippen molar-refractivity contribution in [1.29, 1.82) is 0 Å². The molecule has 2 aromatic carbocycles. The van der Waals surface area contributed by atoms with E-state index in [9.17, 15) is 19.4 Å². The molecule has 25 heavy (non-hydrogen) atoms. The van der Waals surface area contributed by atoms with Crippen molar-refractivity contribution in [3.8, 4) is 11.5 Å². The molecule has 3 N–H and O–H groups in total. The summed E-state index contributed by atoms with van der Waals surface area (Å²) in [6.45, 7) is 1.83. The Morgan fingerprint density at radius 1 is 1.12 bits per heavy atom. The second-order valence-electron chi connectivity index (χ2n) is 6.33. The number of halogens is 1. The van der Waals surface area contributed by atoms with Crippen molar-refractivity contribution >= 4 is 11.6 Å². The normalized spacial score (nSPS) is 15.9. The molecule has 0 aromatic heterocycles. The van der Waals surface area contributed by atoms with Gasteiger partial charge in [-0.1, -0.05) is 12.1 Å². The quantitative estimate of drug-likeness (QED) is 0.745. The number of nitrogens with zero attached hydrogens (tertiary/aromatic N) is 1. The van der Waals surface area contributed by atoms with Crippen LogP contribution in [0.2, 0.25) is 0 Å². The molecule has 1 heterocycles. The molecule has 0 bridgehead atoms. The summed E-state index contributed by atoms with van der Waals surface area (Å²) in [7, 11) is 0. The number of para-hydroxylation sites is 2. The van der Waals surface area contributed by atoms with E-state index >= 15 is 0 Å². The van der Waals surface area contributed by atoms with Crippen molar-refractivity contribution in [2.45, 2.75) is 19.4 Å².